The van der Waals surface area contributed by atoms with E-state index in [1.165, 1.54) is 12.1 Å². The first kappa shape index (κ1) is 14.0. The maximum atomic E-state index is 12.8. The molecule has 0 amide bonds. The van der Waals surface area contributed by atoms with Gasteiger partial charge >= 0.3 is 11.9 Å². The predicted octanol–water partition coefficient (Wildman–Crippen LogP) is 1.84. The number of rotatable bonds is 3. The highest BCUT2D eigenvalue weighted by Gasteiger charge is 2.25. The minimum Gasteiger partial charge on any atom is -0.392 e. The number of hydrogen-bond acceptors (Lipinski definition) is 4. The topological polar surface area (TPSA) is 55.4 Å². The Morgan fingerprint density at radius 3 is 2.89 bits per heavy atom. The molecule has 0 spiro atoms. The average molecular weight is 286 g/mol. The van der Waals surface area contributed by atoms with Gasteiger partial charge in [0.1, 0.15) is 11.9 Å². The molecule has 1 saturated heterocycles. The van der Waals surface area contributed by atoms with Crippen LogP contribution in [0, 0.1) is 5.82 Å². The summed E-state index contributed by atoms with van der Waals surface area (Å²) in [6.45, 7) is 0.748. The van der Waals surface area contributed by atoms with Gasteiger partial charge in [-0.1, -0.05) is 17.7 Å². The normalized spacial score (nSPS) is 18.3. The van der Waals surface area contributed by atoms with Crippen LogP contribution in [0.15, 0.2) is 18.2 Å². The molecule has 0 bridgehead atoms. The van der Waals surface area contributed by atoms with E-state index in [4.69, 9.17) is 16.3 Å². The molecule has 1 N–H and O–H groups in total. The molecular weight excluding hydrogens is 273 g/mol. The van der Waals surface area contributed by atoms with Crippen molar-refractivity contribution in [1.29, 1.82) is 0 Å². The lowest BCUT2D eigenvalue weighted by Crippen LogP contribution is -2.34. The zero-order valence-corrected chi connectivity index (χ0v) is 10.9. The molecule has 6 heteroatoms. The summed E-state index contributed by atoms with van der Waals surface area (Å²) in [4.78, 5) is 23.2. The largest absolute Gasteiger partial charge is 0.392 e. The van der Waals surface area contributed by atoms with Crippen molar-refractivity contribution in [2.24, 2.45) is 0 Å². The third-order valence-electron chi connectivity index (χ3n) is 2.91. The van der Waals surface area contributed by atoms with Crippen molar-refractivity contribution in [2.45, 2.75) is 25.3 Å². The number of ether oxygens (including phenoxy) is 1. The fraction of sp³-hybridized carbons (Fsp3) is 0.385. The summed E-state index contributed by atoms with van der Waals surface area (Å²) < 4.78 is 17.6. The van der Waals surface area contributed by atoms with Gasteiger partial charge in [-0.3, -0.25) is 4.79 Å². The molecule has 1 aromatic carbocycles. The summed E-state index contributed by atoms with van der Waals surface area (Å²) in [6.07, 6.45) is 1.40. The van der Waals surface area contributed by atoms with Gasteiger partial charge in [0.05, 0.1) is 6.42 Å². The fourth-order valence-corrected chi connectivity index (χ4v) is 2.16. The van der Waals surface area contributed by atoms with Crippen LogP contribution in [0.2, 0.25) is 5.02 Å². The molecular formula is C13H13ClFNO3. The van der Waals surface area contributed by atoms with Gasteiger partial charge in [0.25, 0.3) is 0 Å². The zero-order valence-electron chi connectivity index (χ0n) is 10.1. The van der Waals surface area contributed by atoms with Crippen molar-refractivity contribution >= 4 is 23.5 Å². The molecule has 1 fully saturated rings. The Balaban J connectivity index is 1.91. The van der Waals surface area contributed by atoms with Gasteiger partial charge in [-0.15, -0.1) is 0 Å². The average Bonchev–Trinajstić information content (AvgIpc) is 2.86. The zero-order chi connectivity index (χ0) is 13.8. The lowest BCUT2D eigenvalue weighted by atomic mass is 10.1. The fourth-order valence-electron chi connectivity index (χ4n) is 1.93. The van der Waals surface area contributed by atoms with Crippen molar-refractivity contribution in [3.05, 3.63) is 34.6 Å². The number of nitrogens with one attached hydrogen (secondary N) is 1. The Morgan fingerprint density at radius 1 is 1.47 bits per heavy atom. The second-order valence-corrected chi connectivity index (χ2v) is 4.76. The molecule has 1 atom stereocenters. The monoisotopic (exact) mass is 285 g/mol. The minimum absolute atomic E-state index is 0.142. The molecule has 1 aromatic rings. The highest BCUT2D eigenvalue weighted by Crippen LogP contribution is 2.18. The summed E-state index contributed by atoms with van der Waals surface area (Å²) in [6, 6.07) is 3.31. The molecule has 1 aliphatic heterocycles. The van der Waals surface area contributed by atoms with Crippen LogP contribution in [0.3, 0.4) is 0 Å². The quantitative estimate of drug-likeness (QED) is 0.680. The Bertz CT molecular complexity index is 501. The molecule has 0 radical (unpaired) electrons. The van der Waals surface area contributed by atoms with E-state index in [1.54, 1.807) is 0 Å². The van der Waals surface area contributed by atoms with E-state index in [0.29, 0.717) is 12.0 Å². The molecule has 4 nitrogen and oxygen atoms in total. The van der Waals surface area contributed by atoms with Gasteiger partial charge in [-0.2, -0.15) is 0 Å². The first-order chi connectivity index (χ1) is 9.06. The van der Waals surface area contributed by atoms with E-state index in [-0.39, 0.29) is 11.4 Å². The van der Waals surface area contributed by atoms with Crippen LogP contribution < -0.4 is 5.32 Å². The highest BCUT2D eigenvalue weighted by molar-refractivity contribution is 6.31. The second-order valence-electron chi connectivity index (χ2n) is 4.35. The predicted molar refractivity (Wildman–Crippen MR) is 67.2 cm³/mol. The van der Waals surface area contributed by atoms with Crippen molar-refractivity contribution in [3.8, 4) is 0 Å². The van der Waals surface area contributed by atoms with E-state index in [2.05, 4.69) is 5.32 Å². The number of halogens is 2. The highest BCUT2D eigenvalue weighted by atomic mass is 35.5. The molecule has 1 aliphatic rings. The van der Waals surface area contributed by atoms with Crippen LogP contribution >= 0.6 is 11.6 Å². The summed E-state index contributed by atoms with van der Waals surface area (Å²) in [7, 11) is 0. The van der Waals surface area contributed by atoms with Crippen molar-refractivity contribution in [3.63, 3.8) is 0 Å². The summed E-state index contributed by atoms with van der Waals surface area (Å²) >= 11 is 5.79. The number of carbonyl (C=O) groups is 2. The van der Waals surface area contributed by atoms with Crippen molar-refractivity contribution in [1.82, 2.24) is 5.32 Å². The number of carbonyl (C=O) groups excluding carboxylic acids is 2. The number of benzene rings is 1. The molecule has 0 saturated carbocycles. The van der Waals surface area contributed by atoms with Crippen molar-refractivity contribution < 1.29 is 18.7 Å². The second kappa shape index (κ2) is 6.12. The molecule has 1 heterocycles. The Labute approximate surface area is 114 Å². The van der Waals surface area contributed by atoms with Gasteiger partial charge in [-0.05, 0) is 37.1 Å². The first-order valence-corrected chi connectivity index (χ1v) is 6.36. The summed E-state index contributed by atoms with van der Waals surface area (Å²) in [5.41, 5.74) is 0.431. The minimum atomic E-state index is -0.688. The van der Waals surface area contributed by atoms with Gasteiger partial charge in [-0.25, -0.2) is 9.18 Å². The van der Waals surface area contributed by atoms with Crippen LogP contribution in [-0.4, -0.2) is 24.5 Å². The molecule has 102 valence electrons. The molecule has 0 aliphatic carbocycles. The van der Waals surface area contributed by atoms with Crippen LogP contribution in [0.1, 0.15) is 18.4 Å². The first-order valence-electron chi connectivity index (χ1n) is 5.98. The molecule has 2 rings (SSSR count). The van der Waals surface area contributed by atoms with Gasteiger partial charge in [0.2, 0.25) is 0 Å². The SMILES string of the molecule is O=C(Cc1ccc(F)cc1Cl)OC(=O)[C@@H]1CCCN1. The van der Waals surface area contributed by atoms with Gasteiger partial charge < -0.3 is 10.1 Å². The third kappa shape index (κ3) is 3.75. The van der Waals surface area contributed by atoms with E-state index in [0.717, 1.165) is 19.0 Å². The van der Waals surface area contributed by atoms with Crippen molar-refractivity contribution in [2.75, 3.05) is 6.54 Å². The van der Waals surface area contributed by atoms with Gasteiger partial charge in [0, 0.05) is 5.02 Å². The van der Waals surface area contributed by atoms with Crippen LogP contribution in [0.25, 0.3) is 0 Å². The van der Waals surface area contributed by atoms with E-state index >= 15 is 0 Å². The number of hydrogen-bond donors (Lipinski definition) is 1. The Morgan fingerprint density at radius 2 is 2.26 bits per heavy atom. The Hall–Kier alpha value is -1.46. The van der Waals surface area contributed by atoms with Crippen LogP contribution in [0.5, 0.6) is 0 Å². The maximum Gasteiger partial charge on any atom is 0.330 e. The molecule has 0 aromatic heterocycles. The summed E-state index contributed by atoms with van der Waals surface area (Å²) in [5, 5.41) is 3.08. The molecule has 19 heavy (non-hydrogen) atoms. The maximum absolute atomic E-state index is 12.8. The summed E-state index contributed by atoms with van der Waals surface area (Å²) in [5.74, 6) is -1.73. The van der Waals surface area contributed by atoms with Crippen LogP contribution in [0.4, 0.5) is 4.39 Å². The third-order valence-corrected chi connectivity index (χ3v) is 3.26. The standard InChI is InChI=1S/C13H13ClFNO3/c14-10-7-9(15)4-3-8(10)6-12(17)19-13(18)11-2-1-5-16-11/h3-4,7,11,16H,1-2,5-6H2/t11-/m0/s1. The molecule has 0 unspecified atom stereocenters. The van der Waals surface area contributed by atoms with Crippen LogP contribution in [-0.2, 0) is 20.7 Å². The number of esters is 2. The van der Waals surface area contributed by atoms with E-state index in [9.17, 15) is 14.0 Å². The lowest BCUT2D eigenvalue weighted by Gasteiger charge is -2.09. The lowest BCUT2D eigenvalue weighted by molar-refractivity contribution is -0.160. The Kier molecular flexibility index (Phi) is 4.50. The van der Waals surface area contributed by atoms with Gasteiger partial charge in [0.15, 0.2) is 0 Å². The smallest absolute Gasteiger partial charge is 0.330 e. The van der Waals surface area contributed by atoms with E-state index < -0.39 is 23.8 Å². The van der Waals surface area contributed by atoms with E-state index in [1.807, 2.05) is 0 Å².